The molecule has 2 aromatic rings. The van der Waals surface area contributed by atoms with Gasteiger partial charge in [-0.3, -0.25) is 4.90 Å². The summed E-state index contributed by atoms with van der Waals surface area (Å²) in [5.41, 5.74) is 0. The van der Waals surface area contributed by atoms with Crippen LogP contribution in [0.3, 0.4) is 0 Å². The van der Waals surface area contributed by atoms with E-state index in [1.54, 1.807) is 0 Å². The Kier molecular flexibility index (Phi) is 7.76. The Hall–Kier alpha value is -1.36. The van der Waals surface area contributed by atoms with Crippen LogP contribution in [-0.2, 0) is 6.54 Å². The SMILES string of the molecule is Cc1ccc(CN(CCC(C)C)CC(O)COc2ccccc2)s1. The van der Waals surface area contributed by atoms with Gasteiger partial charge in [-0.1, -0.05) is 32.0 Å². The van der Waals surface area contributed by atoms with Crippen LogP contribution in [0.4, 0.5) is 0 Å². The highest BCUT2D eigenvalue weighted by molar-refractivity contribution is 7.11. The van der Waals surface area contributed by atoms with Crippen LogP contribution in [0.1, 0.15) is 30.0 Å². The number of hydrogen-bond donors (Lipinski definition) is 1. The maximum Gasteiger partial charge on any atom is 0.119 e. The molecule has 1 N–H and O–H groups in total. The first-order chi connectivity index (χ1) is 11.5. The molecule has 0 fully saturated rings. The Morgan fingerprint density at radius 3 is 2.50 bits per heavy atom. The van der Waals surface area contributed by atoms with Crippen molar-refractivity contribution >= 4 is 11.3 Å². The zero-order valence-corrected chi connectivity index (χ0v) is 15.8. The van der Waals surface area contributed by atoms with Crippen LogP contribution in [0, 0.1) is 12.8 Å². The highest BCUT2D eigenvalue weighted by atomic mass is 32.1. The number of benzene rings is 1. The van der Waals surface area contributed by atoms with Gasteiger partial charge in [0.05, 0.1) is 0 Å². The molecule has 1 unspecified atom stereocenters. The first kappa shape index (κ1) is 19.0. The third-order valence-corrected chi connectivity index (χ3v) is 4.84. The van der Waals surface area contributed by atoms with Gasteiger partial charge in [-0.05, 0) is 50.1 Å². The Labute approximate surface area is 149 Å². The van der Waals surface area contributed by atoms with Gasteiger partial charge in [0.2, 0.25) is 0 Å². The molecule has 24 heavy (non-hydrogen) atoms. The lowest BCUT2D eigenvalue weighted by molar-refractivity contribution is 0.0643. The van der Waals surface area contributed by atoms with Gasteiger partial charge in [0.1, 0.15) is 18.5 Å². The van der Waals surface area contributed by atoms with E-state index in [4.69, 9.17) is 4.74 Å². The molecule has 4 heteroatoms. The van der Waals surface area contributed by atoms with Gasteiger partial charge >= 0.3 is 0 Å². The monoisotopic (exact) mass is 347 g/mol. The lowest BCUT2D eigenvalue weighted by Crippen LogP contribution is -2.36. The predicted octanol–water partition coefficient (Wildman–Crippen LogP) is 4.34. The number of aryl methyl sites for hydroxylation is 1. The van der Waals surface area contributed by atoms with E-state index in [-0.39, 0.29) is 0 Å². The van der Waals surface area contributed by atoms with Crippen LogP contribution in [0.15, 0.2) is 42.5 Å². The summed E-state index contributed by atoms with van der Waals surface area (Å²) in [7, 11) is 0. The number of ether oxygens (including phenoxy) is 1. The van der Waals surface area contributed by atoms with E-state index in [1.807, 2.05) is 41.7 Å². The fraction of sp³-hybridized carbons (Fsp3) is 0.500. The fourth-order valence-electron chi connectivity index (χ4n) is 2.53. The fourth-order valence-corrected chi connectivity index (χ4v) is 3.46. The summed E-state index contributed by atoms with van der Waals surface area (Å²) in [6, 6.07) is 14.0. The first-order valence-electron chi connectivity index (χ1n) is 8.66. The van der Waals surface area contributed by atoms with E-state index in [2.05, 4.69) is 37.8 Å². The van der Waals surface area contributed by atoms with Gasteiger partial charge in [-0.25, -0.2) is 0 Å². The number of hydrogen-bond acceptors (Lipinski definition) is 4. The van der Waals surface area contributed by atoms with Crippen molar-refractivity contribution in [2.75, 3.05) is 19.7 Å². The highest BCUT2D eigenvalue weighted by Crippen LogP contribution is 2.18. The molecule has 0 saturated heterocycles. The molecule has 3 nitrogen and oxygen atoms in total. The molecule has 1 aromatic carbocycles. The molecule has 0 amide bonds. The second-order valence-electron chi connectivity index (χ2n) is 6.71. The van der Waals surface area contributed by atoms with Crippen LogP contribution >= 0.6 is 11.3 Å². The molecule has 0 saturated carbocycles. The maximum absolute atomic E-state index is 10.4. The maximum atomic E-state index is 10.4. The predicted molar refractivity (Wildman–Crippen MR) is 102 cm³/mol. The molecule has 0 aliphatic carbocycles. The minimum Gasteiger partial charge on any atom is -0.491 e. The molecule has 0 radical (unpaired) electrons. The molecule has 0 aliphatic heterocycles. The second kappa shape index (κ2) is 9.82. The van der Waals surface area contributed by atoms with Crippen LogP contribution in [0.5, 0.6) is 5.75 Å². The van der Waals surface area contributed by atoms with E-state index in [0.717, 1.165) is 25.3 Å². The van der Waals surface area contributed by atoms with Crippen LogP contribution in [-0.4, -0.2) is 35.8 Å². The van der Waals surface area contributed by atoms with Crippen molar-refractivity contribution in [2.45, 2.75) is 39.8 Å². The molecule has 1 heterocycles. The zero-order chi connectivity index (χ0) is 17.4. The summed E-state index contributed by atoms with van der Waals surface area (Å²) in [5, 5.41) is 10.4. The minimum atomic E-state index is -0.488. The Morgan fingerprint density at radius 1 is 1.12 bits per heavy atom. The summed E-state index contributed by atoms with van der Waals surface area (Å²) < 4.78 is 5.67. The van der Waals surface area contributed by atoms with Crippen molar-refractivity contribution < 1.29 is 9.84 Å². The average Bonchev–Trinajstić information content (AvgIpc) is 2.96. The van der Waals surface area contributed by atoms with Gasteiger partial charge in [-0.15, -0.1) is 11.3 Å². The van der Waals surface area contributed by atoms with E-state index in [9.17, 15) is 5.11 Å². The summed E-state index contributed by atoms with van der Waals surface area (Å²) >= 11 is 1.83. The lowest BCUT2D eigenvalue weighted by Gasteiger charge is -2.25. The minimum absolute atomic E-state index is 0.325. The molecular weight excluding hydrogens is 318 g/mol. The van der Waals surface area contributed by atoms with Gasteiger partial charge in [0.25, 0.3) is 0 Å². The van der Waals surface area contributed by atoms with E-state index in [0.29, 0.717) is 19.1 Å². The van der Waals surface area contributed by atoms with Gasteiger partial charge in [0, 0.05) is 22.8 Å². The normalized spacial score (nSPS) is 12.8. The molecule has 0 bridgehead atoms. The van der Waals surface area contributed by atoms with E-state index in [1.165, 1.54) is 9.75 Å². The van der Waals surface area contributed by atoms with Gasteiger partial charge in [0.15, 0.2) is 0 Å². The summed E-state index contributed by atoms with van der Waals surface area (Å²) in [6.07, 6.45) is 0.648. The molecule has 1 aromatic heterocycles. The van der Waals surface area contributed by atoms with Crippen LogP contribution in [0.25, 0.3) is 0 Å². The average molecular weight is 348 g/mol. The number of aliphatic hydroxyl groups excluding tert-OH is 1. The summed E-state index contributed by atoms with van der Waals surface area (Å²) in [6.45, 7) is 9.47. The van der Waals surface area contributed by atoms with Crippen LogP contribution < -0.4 is 4.74 Å². The highest BCUT2D eigenvalue weighted by Gasteiger charge is 2.14. The molecule has 1 atom stereocenters. The number of rotatable bonds is 10. The van der Waals surface area contributed by atoms with Crippen molar-refractivity contribution in [3.8, 4) is 5.75 Å². The van der Waals surface area contributed by atoms with Crippen molar-refractivity contribution in [2.24, 2.45) is 5.92 Å². The summed E-state index contributed by atoms with van der Waals surface area (Å²) in [4.78, 5) is 5.03. The van der Waals surface area contributed by atoms with E-state index < -0.39 is 6.10 Å². The number of aliphatic hydroxyl groups is 1. The standard InChI is InChI=1S/C20H29NO2S/c1-16(2)11-12-21(14-20-10-9-17(3)24-20)13-18(22)15-23-19-7-5-4-6-8-19/h4-10,16,18,22H,11-15H2,1-3H3. The van der Waals surface area contributed by atoms with Crippen molar-refractivity contribution in [3.05, 3.63) is 52.2 Å². The Morgan fingerprint density at radius 2 is 1.88 bits per heavy atom. The van der Waals surface area contributed by atoms with E-state index >= 15 is 0 Å². The molecule has 132 valence electrons. The molecule has 0 aliphatic rings. The van der Waals surface area contributed by atoms with Crippen LogP contribution in [0.2, 0.25) is 0 Å². The Balaban J connectivity index is 1.85. The zero-order valence-electron chi connectivity index (χ0n) is 14.9. The number of nitrogens with zero attached hydrogens (tertiary/aromatic N) is 1. The first-order valence-corrected chi connectivity index (χ1v) is 9.48. The molecular formula is C20H29NO2S. The topological polar surface area (TPSA) is 32.7 Å². The van der Waals surface area contributed by atoms with Crippen molar-refractivity contribution in [1.29, 1.82) is 0 Å². The molecule has 2 rings (SSSR count). The van der Waals surface area contributed by atoms with Crippen molar-refractivity contribution in [3.63, 3.8) is 0 Å². The Bertz CT molecular complexity index is 582. The quantitative estimate of drug-likeness (QED) is 0.694. The smallest absolute Gasteiger partial charge is 0.119 e. The second-order valence-corrected chi connectivity index (χ2v) is 8.08. The van der Waals surface area contributed by atoms with Gasteiger partial charge < -0.3 is 9.84 Å². The van der Waals surface area contributed by atoms with Crippen molar-refractivity contribution in [1.82, 2.24) is 4.90 Å². The molecule has 0 spiro atoms. The number of thiophene rings is 1. The lowest BCUT2D eigenvalue weighted by atomic mass is 10.1. The third kappa shape index (κ3) is 7.04. The third-order valence-electron chi connectivity index (χ3n) is 3.85. The largest absolute Gasteiger partial charge is 0.491 e. The van der Waals surface area contributed by atoms with Gasteiger partial charge in [-0.2, -0.15) is 0 Å². The summed E-state index contributed by atoms with van der Waals surface area (Å²) in [5.74, 6) is 1.47. The number of para-hydroxylation sites is 1.